The number of hydrogen-bond acceptors (Lipinski definition) is 6. The van der Waals surface area contributed by atoms with E-state index in [1.165, 1.54) is 0 Å². The van der Waals surface area contributed by atoms with Gasteiger partial charge in [-0.3, -0.25) is 20.0 Å². The number of rotatable bonds is 6. The first-order chi connectivity index (χ1) is 17.4. The van der Waals surface area contributed by atoms with Crippen molar-refractivity contribution in [2.24, 2.45) is 9.98 Å². The summed E-state index contributed by atoms with van der Waals surface area (Å²) in [4.78, 5) is 25.0. The molecule has 4 heterocycles. The van der Waals surface area contributed by atoms with Gasteiger partial charge in [0.15, 0.2) is 0 Å². The Bertz CT molecular complexity index is 960. The molecule has 0 unspecified atom stereocenters. The minimum Gasteiger partial charge on any atom is -0.852 e. The van der Waals surface area contributed by atoms with E-state index >= 15 is 0 Å². The Morgan fingerprint density at radius 1 is 0.676 bits per heavy atom. The third kappa shape index (κ3) is 20.7. The predicted molar refractivity (Wildman–Crippen MR) is 141 cm³/mol. The summed E-state index contributed by atoms with van der Waals surface area (Å²) in [6.45, 7) is 7.65. The zero-order valence-electron chi connectivity index (χ0n) is 21.8. The van der Waals surface area contributed by atoms with Crippen molar-refractivity contribution in [1.29, 1.82) is 0 Å². The fraction of sp³-hybridized carbons (Fsp3) is 0.286. The molecule has 9 heteroatoms. The smallest absolute Gasteiger partial charge is 0.852 e. The van der Waals surface area contributed by atoms with Crippen LogP contribution in [0.3, 0.4) is 0 Å². The quantitative estimate of drug-likeness (QED) is 0.277. The molecule has 0 aliphatic rings. The number of hydrogen-bond donors (Lipinski definition) is 0. The van der Waals surface area contributed by atoms with Crippen LogP contribution in [-0.2, 0) is 34.8 Å². The van der Waals surface area contributed by atoms with E-state index in [4.69, 9.17) is 0 Å². The van der Waals surface area contributed by atoms with Crippen molar-refractivity contribution in [2.75, 3.05) is 0 Å². The van der Waals surface area contributed by atoms with E-state index in [0.717, 1.165) is 22.8 Å². The van der Waals surface area contributed by atoms with Crippen molar-refractivity contribution >= 4 is 12.4 Å². The monoisotopic (exact) mass is 534 g/mol. The van der Waals surface area contributed by atoms with E-state index in [-0.39, 0.29) is 21.7 Å². The van der Waals surface area contributed by atoms with Crippen LogP contribution < -0.4 is 20.2 Å². The van der Waals surface area contributed by atoms with Crippen molar-refractivity contribution in [3.8, 4) is 0 Å². The maximum atomic E-state index is 9.53. The van der Waals surface area contributed by atoms with Gasteiger partial charge in [-0.25, -0.2) is 0 Å². The van der Waals surface area contributed by atoms with Crippen molar-refractivity contribution < 1.29 is 31.9 Å². The largest absolute Gasteiger partial charge is 4.00 e. The average molecular weight is 534 g/mol. The SMILES string of the molecule is C(=NCc1ccccn1)c1ccc[n-]1.C(=NCc1ccccn1)c1ccc[n-]1.CC(C)[O-].CC(C)[O-].[Ti+4]. The molecule has 4 rings (SSSR count). The summed E-state index contributed by atoms with van der Waals surface area (Å²) in [5.74, 6) is 0. The molecule has 8 nitrogen and oxygen atoms in total. The van der Waals surface area contributed by atoms with Gasteiger partial charge in [-0.1, -0.05) is 64.1 Å². The van der Waals surface area contributed by atoms with Crippen molar-refractivity contribution in [3.05, 3.63) is 108 Å². The molecule has 0 spiro atoms. The maximum Gasteiger partial charge on any atom is 4.00 e. The number of nitrogens with zero attached hydrogens (tertiary/aromatic N) is 6. The number of pyridine rings is 2. The molecule has 0 aromatic carbocycles. The van der Waals surface area contributed by atoms with Crippen LogP contribution >= 0.6 is 0 Å². The van der Waals surface area contributed by atoms with Gasteiger partial charge in [-0.2, -0.15) is 12.4 Å². The molecule has 0 bridgehead atoms. The zero-order chi connectivity index (χ0) is 26.4. The first kappa shape index (κ1) is 33.8. The summed E-state index contributed by atoms with van der Waals surface area (Å²) in [7, 11) is 0. The molecule has 4 aromatic heterocycles. The first-order valence-corrected chi connectivity index (χ1v) is 11.6. The van der Waals surface area contributed by atoms with E-state index in [1.54, 1.807) is 64.9 Å². The third-order valence-electron chi connectivity index (χ3n) is 3.56. The molecular formula is C28H34N6O2Ti. The second kappa shape index (κ2) is 22.1. The van der Waals surface area contributed by atoms with Crippen LogP contribution in [0.2, 0.25) is 0 Å². The zero-order valence-corrected chi connectivity index (χ0v) is 23.4. The minimum absolute atomic E-state index is 0. The second-order valence-electron chi connectivity index (χ2n) is 7.80. The molecule has 0 amide bonds. The normalized spacial score (nSPS) is 10.2. The van der Waals surface area contributed by atoms with E-state index in [1.807, 2.05) is 60.7 Å². The number of aliphatic imine (C=N–C) groups is 2. The van der Waals surface area contributed by atoms with E-state index < -0.39 is 12.2 Å². The summed E-state index contributed by atoms with van der Waals surface area (Å²) in [6.07, 6.45) is 9.73. The van der Waals surface area contributed by atoms with Gasteiger partial charge in [0.2, 0.25) is 0 Å². The maximum absolute atomic E-state index is 9.53. The topological polar surface area (TPSA) is 125 Å². The molecule has 37 heavy (non-hydrogen) atoms. The Morgan fingerprint density at radius 2 is 1.05 bits per heavy atom. The molecule has 0 N–H and O–H groups in total. The van der Waals surface area contributed by atoms with Crippen LogP contribution in [0.1, 0.15) is 50.5 Å². The molecule has 0 atom stereocenters. The first-order valence-electron chi connectivity index (χ1n) is 11.6. The van der Waals surface area contributed by atoms with Gasteiger partial charge in [0.05, 0.1) is 24.5 Å². The van der Waals surface area contributed by atoms with Crippen molar-refractivity contribution in [1.82, 2.24) is 19.9 Å². The van der Waals surface area contributed by atoms with Crippen LogP contribution in [0.15, 0.2) is 95.4 Å². The van der Waals surface area contributed by atoms with Gasteiger partial charge < -0.3 is 20.2 Å². The molecule has 0 radical (unpaired) electrons. The minimum atomic E-state index is -0.417. The molecular weight excluding hydrogens is 500 g/mol. The van der Waals surface area contributed by atoms with Crippen LogP contribution in [0.5, 0.6) is 0 Å². The van der Waals surface area contributed by atoms with Gasteiger partial charge in [0, 0.05) is 24.8 Å². The molecule has 192 valence electrons. The van der Waals surface area contributed by atoms with Crippen molar-refractivity contribution in [3.63, 3.8) is 0 Å². The van der Waals surface area contributed by atoms with E-state index in [9.17, 15) is 10.2 Å². The molecule has 0 aliphatic carbocycles. The van der Waals surface area contributed by atoms with Gasteiger partial charge in [-0.15, -0.1) is 23.6 Å². The van der Waals surface area contributed by atoms with Crippen molar-refractivity contribution in [2.45, 2.75) is 53.0 Å². The second-order valence-corrected chi connectivity index (χ2v) is 7.80. The molecule has 0 aliphatic heterocycles. The van der Waals surface area contributed by atoms with E-state index in [2.05, 4.69) is 29.9 Å². The van der Waals surface area contributed by atoms with Crippen LogP contribution in [-0.4, -0.2) is 34.6 Å². The van der Waals surface area contributed by atoms with Crippen LogP contribution in [0.25, 0.3) is 0 Å². The summed E-state index contributed by atoms with van der Waals surface area (Å²) in [5.41, 5.74) is 3.72. The Kier molecular flexibility index (Phi) is 20.2. The van der Waals surface area contributed by atoms with Gasteiger partial charge in [0.25, 0.3) is 0 Å². The van der Waals surface area contributed by atoms with Gasteiger partial charge in [-0.05, 0) is 24.3 Å². The van der Waals surface area contributed by atoms with E-state index in [0.29, 0.717) is 13.1 Å². The van der Waals surface area contributed by atoms with Gasteiger partial charge in [0.1, 0.15) is 0 Å². The summed E-state index contributed by atoms with van der Waals surface area (Å²) in [5, 5.41) is 19.1. The van der Waals surface area contributed by atoms with Gasteiger partial charge >= 0.3 is 21.7 Å². The average Bonchev–Trinajstić information content (AvgIpc) is 3.55. The Labute approximate surface area is 235 Å². The van der Waals surface area contributed by atoms with Crippen LogP contribution in [0, 0.1) is 0 Å². The fourth-order valence-electron chi connectivity index (χ4n) is 2.23. The Morgan fingerprint density at radius 3 is 1.32 bits per heavy atom. The Hall–Kier alpha value is -3.17. The molecule has 4 aromatic rings. The standard InChI is InChI=1S/2C11H10N3.2C3H7O.Ti/c2*1-2-6-13-10(4-1)8-12-9-11-5-3-7-14-11;2*1-3(2)4;/h2*1-7,9H,8H2;2*3H,1-2H3;/q4*-1;+4. The Balaban J connectivity index is 0.000000535. The third-order valence-corrected chi connectivity index (χ3v) is 3.56. The molecule has 0 saturated heterocycles. The molecule has 0 fully saturated rings. The van der Waals surface area contributed by atoms with Crippen LogP contribution in [0.4, 0.5) is 0 Å². The summed E-state index contributed by atoms with van der Waals surface area (Å²) < 4.78 is 0. The number of aromatic nitrogens is 4. The predicted octanol–water partition coefficient (Wildman–Crippen LogP) is 2.82. The summed E-state index contributed by atoms with van der Waals surface area (Å²) in [6, 6.07) is 19.2. The molecule has 0 saturated carbocycles. The summed E-state index contributed by atoms with van der Waals surface area (Å²) >= 11 is 0. The fourth-order valence-corrected chi connectivity index (χ4v) is 2.23.